The average Bonchev–Trinajstić information content (AvgIpc) is 2.42. The summed E-state index contributed by atoms with van der Waals surface area (Å²) in [6, 6.07) is 5.55. The number of rotatable bonds is 4. The summed E-state index contributed by atoms with van der Waals surface area (Å²) in [4.78, 5) is 0. The lowest BCUT2D eigenvalue weighted by molar-refractivity contribution is -0.0582. The minimum Gasteiger partial charge on any atom is -0.377 e. The van der Waals surface area contributed by atoms with E-state index in [-0.39, 0.29) is 11.6 Å². The smallest absolute Gasteiger partial charge is 0.0832 e. The lowest BCUT2D eigenvalue weighted by Gasteiger charge is -2.41. The zero-order valence-electron chi connectivity index (χ0n) is 11.3. The molecule has 0 aliphatic heterocycles. The fourth-order valence-electron chi connectivity index (χ4n) is 2.99. The van der Waals surface area contributed by atoms with Crippen molar-refractivity contribution in [2.45, 2.75) is 50.2 Å². The zero-order valence-corrected chi connectivity index (χ0v) is 12.8. The first-order valence-electron chi connectivity index (χ1n) is 6.82. The molecule has 1 unspecified atom stereocenters. The molecular formula is C15H21Cl2NO. The van der Waals surface area contributed by atoms with Crippen molar-refractivity contribution in [1.29, 1.82) is 0 Å². The van der Waals surface area contributed by atoms with Crippen LogP contribution in [-0.4, -0.2) is 18.8 Å². The Morgan fingerprint density at radius 1 is 1.26 bits per heavy atom. The Hall–Kier alpha value is -0.280. The van der Waals surface area contributed by atoms with E-state index in [9.17, 15) is 0 Å². The maximum Gasteiger partial charge on any atom is 0.0832 e. The molecule has 0 amide bonds. The molecule has 1 atom stereocenters. The first kappa shape index (κ1) is 15.1. The van der Waals surface area contributed by atoms with Crippen LogP contribution >= 0.6 is 23.2 Å². The summed E-state index contributed by atoms with van der Waals surface area (Å²) >= 11 is 12.1. The SMILES string of the molecule is COC1(C(N)Cc2ccc(Cl)cc2Cl)CCCCC1. The summed E-state index contributed by atoms with van der Waals surface area (Å²) in [5, 5.41) is 1.34. The first-order valence-corrected chi connectivity index (χ1v) is 7.58. The standard InChI is InChI=1S/C15H21Cl2NO/c1-19-15(7-3-2-4-8-15)14(18)9-11-5-6-12(16)10-13(11)17/h5-6,10,14H,2-4,7-9,18H2,1H3. The van der Waals surface area contributed by atoms with Gasteiger partial charge < -0.3 is 10.5 Å². The van der Waals surface area contributed by atoms with Crippen molar-refractivity contribution in [3.63, 3.8) is 0 Å². The van der Waals surface area contributed by atoms with Gasteiger partial charge in [0, 0.05) is 23.2 Å². The molecule has 4 heteroatoms. The lowest BCUT2D eigenvalue weighted by atomic mass is 9.77. The molecule has 2 nitrogen and oxygen atoms in total. The highest BCUT2D eigenvalue weighted by Gasteiger charge is 2.38. The third-order valence-electron chi connectivity index (χ3n) is 4.24. The molecule has 2 rings (SSSR count). The quantitative estimate of drug-likeness (QED) is 0.904. The third kappa shape index (κ3) is 3.43. The number of methoxy groups -OCH3 is 1. The van der Waals surface area contributed by atoms with Gasteiger partial charge in [-0.1, -0.05) is 48.5 Å². The Morgan fingerprint density at radius 3 is 2.53 bits per heavy atom. The maximum atomic E-state index is 6.42. The fraction of sp³-hybridized carbons (Fsp3) is 0.600. The largest absolute Gasteiger partial charge is 0.377 e. The van der Waals surface area contributed by atoms with Gasteiger partial charge in [0.05, 0.1) is 5.60 Å². The number of hydrogen-bond acceptors (Lipinski definition) is 2. The highest BCUT2D eigenvalue weighted by atomic mass is 35.5. The van der Waals surface area contributed by atoms with Crippen LogP contribution in [0, 0.1) is 0 Å². The van der Waals surface area contributed by atoms with Crippen LogP contribution in [0.4, 0.5) is 0 Å². The molecule has 0 radical (unpaired) electrons. The highest BCUT2D eigenvalue weighted by molar-refractivity contribution is 6.35. The topological polar surface area (TPSA) is 35.2 Å². The van der Waals surface area contributed by atoms with Crippen molar-refractivity contribution in [3.05, 3.63) is 33.8 Å². The number of hydrogen-bond donors (Lipinski definition) is 1. The van der Waals surface area contributed by atoms with Crippen LogP contribution in [0.2, 0.25) is 10.0 Å². The molecule has 1 aliphatic rings. The van der Waals surface area contributed by atoms with Crippen LogP contribution in [0.25, 0.3) is 0 Å². The van der Waals surface area contributed by atoms with Crippen LogP contribution in [0.15, 0.2) is 18.2 Å². The molecule has 0 aromatic heterocycles. The molecule has 1 aliphatic carbocycles. The van der Waals surface area contributed by atoms with Crippen LogP contribution in [0.1, 0.15) is 37.7 Å². The van der Waals surface area contributed by atoms with Crippen LogP contribution in [-0.2, 0) is 11.2 Å². The normalized spacial score (nSPS) is 20.2. The van der Waals surface area contributed by atoms with Crippen molar-refractivity contribution < 1.29 is 4.74 Å². The van der Waals surface area contributed by atoms with Gasteiger partial charge in [0.2, 0.25) is 0 Å². The lowest BCUT2D eigenvalue weighted by Crippen LogP contribution is -2.51. The van der Waals surface area contributed by atoms with E-state index < -0.39 is 0 Å². The van der Waals surface area contributed by atoms with E-state index in [1.807, 2.05) is 12.1 Å². The average molecular weight is 302 g/mol. The predicted octanol–water partition coefficient (Wildman–Crippen LogP) is 4.21. The number of nitrogens with two attached hydrogens (primary N) is 1. The predicted molar refractivity (Wildman–Crippen MR) is 81.0 cm³/mol. The van der Waals surface area contributed by atoms with E-state index in [1.54, 1.807) is 13.2 Å². The van der Waals surface area contributed by atoms with Gasteiger partial charge in [-0.2, -0.15) is 0 Å². The van der Waals surface area contributed by atoms with Gasteiger partial charge in [-0.3, -0.25) is 0 Å². The summed E-state index contributed by atoms with van der Waals surface area (Å²) in [6.45, 7) is 0. The van der Waals surface area contributed by atoms with E-state index in [1.165, 1.54) is 19.3 Å². The van der Waals surface area contributed by atoms with E-state index in [4.69, 9.17) is 33.7 Å². The minimum atomic E-state index is -0.193. The second kappa shape index (κ2) is 6.45. The van der Waals surface area contributed by atoms with Crippen LogP contribution in [0.3, 0.4) is 0 Å². The van der Waals surface area contributed by atoms with Gasteiger partial charge in [0.1, 0.15) is 0 Å². The molecule has 1 aromatic rings. The monoisotopic (exact) mass is 301 g/mol. The van der Waals surface area contributed by atoms with Gasteiger partial charge in [-0.15, -0.1) is 0 Å². The number of benzene rings is 1. The van der Waals surface area contributed by atoms with Crippen molar-refractivity contribution >= 4 is 23.2 Å². The summed E-state index contributed by atoms with van der Waals surface area (Å²) < 4.78 is 5.78. The summed E-state index contributed by atoms with van der Waals surface area (Å²) in [5.41, 5.74) is 7.27. The Labute approximate surface area is 125 Å². The Balaban J connectivity index is 2.12. The van der Waals surface area contributed by atoms with E-state index >= 15 is 0 Å². The fourth-order valence-corrected chi connectivity index (χ4v) is 3.47. The first-order chi connectivity index (χ1) is 9.07. The van der Waals surface area contributed by atoms with Crippen molar-refractivity contribution in [1.82, 2.24) is 0 Å². The Bertz CT molecular complexity index is 430. The van der Waals surface area contributed by atoms with E-state index in [0.717, 1.165) is 24.8 Å². The molecule has 0 saturated heterocycles. The van der Waals surface area contributed by atoms with Crippen LogP contribution in [0.5, 0.6) is 0 Å². The highest BCUT2D eigenvalue weighted by Crippen LogP contribution is 2.35. The molecule has 1 fully saturated rings. The van der Waals surface area contributed by atoms with E-state index in [2.05, 4.69) is 0 Å². The van der Waals surface area contributed by atoms with Crippen LogP contribution < -0.4 is 5.73 Å². The van der Waals surface area contributed by atoms with Gasteiger partial charge in [-0.25, -0.2) is 0 Å². The van der Waals surface area contributed by atoms with Gasteiger partial charge >= 0.3 is 0 Å². The van der Waals surface area contributed by atoms with Crippen molar-refractivity contribution in [2.75, 3.05) is 7.11 Å². The molecule has 1 aromatic carbocycles. The van der Waals surface area contributed by atoms with Crippen molar-refractivity contribution in [2.24, 2.45) is 5.73 Å². The molecule has 2 N–H and O–H groups in total. The summed E-state index contributed by atoms with van der Waals surface area (Å²) in [7, 11) is 1.77. The maximum absolute atomic E-state index is 6.42. The number of ether oxygens (including phenoxy) is 1. The molecule has 1 saturated carbocycles. The van der Waals surface area contributed by atoms with E-state index in [0.29, 0.717) is 10.0 Å². The molecule has 0 bridgehead atoms. The van der Waals surface area contributed by atoms with Gasteiger partial charge in [0.15, 0.2) is 0 Å². The molecule has 0 heterocycles. The second-order valence-corrected chi connectivity index (χ2v) is 6.22. The number of halogens is 2. The Morgan fingerprint density at radius 2 is 1.95 bits per heavy atom. The second-order valence-electron chi connectivity index (χ2n) is 5.38. The van der Waals surface area contributed by atoms with Gasteiger partial charge in [0.25, 0.3) is 0 Å². The molecule has 19 heavy (non-hydrogen) atoms. The molecule has 0 spiro atoms. The third-order valence-corrected chi connectivity index (χ3v) is 4.82. The molecule has 106 valence electrons. The Kier molecular flexibility index (Phi) is 5.13. The zero-order chi connectivity index (χ0) is 13.9. The van der Waals surface area contributed by atoms with Gasteiger partial charge in [-0.05, 0) is 37.0 Å². The molecular weight excluding hydrogens is 281 g/mol. The van der Waals surface area contributed by atoms with Crippen molar-refractivity contribution in [3.8, 4) is 0 Å². The summed E-state index contributed by atoms with van der Waals surface area (Å²) in [6.07, 6.45) is 6.46. The minimum absolute atomic E-state index is 0.0310. The summed E-state index contributed by atoms with van der Waals surface area (Å²) in [5.74, 6) is 0.